The molecule has 0 unspecified atom stereocenters. The van der Waals surface area contributed by atoms with Gasteiger partial charge in [0.15, 0.2) is 13.6 Å². The molecule has 0 bridgehead atoms. The summed E-state index contributed by atoms with van der Waals surface area (Å²) >= 11 is 0. The molecule has 4 nitrogen and oxygen atoms in total. The summed E-state index contributed by atoms with van der Waals surface area (Å²) in [5.74, 6) is 1.78. The van der Waals surface area contributed by atoms with E-state index in [0.717, 1.165) is 63.2 Å². The highest BCUT2D eigenvalue weighted by atomic mass is 31.1. The minimum absolute atomic E-state index is 0.168. The van der Waals surface area contributed by atoms with E-state index in [1.54, 1.807) is 0 Å². The van der Waals surface area contributed by atoms with Gasteiger partial charge < -0.3 is 18.9 Å². The lowest BCUT2D eigenvalue weighted by Gasteiger charge is -2.25. The molecule has 0 fully saturated rings. The first kappa shape index (κ1) is 30.8. The van der Waals surface area contributed by atoms with Gasteiger partial charge in [-0.3, -0.25) is 0 Å². The van der Waals surface area contributed by atoms with Gasteiger partial charge in [0.1, 0.15) is 11.5 Å². The Bertz CT molecular complexity index is 1680. The molecule has 6 aromatic rings. The van der Waals surface area contributed by atoms with Gasteiger partial charge in [-0.1, -0.05) is 135 Å². The van der Waals surface area contributed by atoms with E-state index in [0.29, 0.717) is 13.2 Å². The lowest BCUT2D eigenvalue weighted by molar-refractivity contribution is 0.00645. The SMILES string of the molecule is CCCCP(c1ccc2ccccc2c1OCOCc1ccccc1)c1ccc2ccccc2c1OCOCc1ccccc1. The van der Waals surface area contributed by atoms with Crippen LogP contribution in [0.4, 0.5) is 0 Å². The predicted octanol–water partition coefficient (Wildman–Crippen LogP) is 9.33. The maximum Gasteiger partial charge on any atom is 0.189 e. The van der Waals surface area contributed by atoms with Gasteiger partial charge in [-0.2, -0.15) is 0 Å². The fraction of sp³-hybridized carbons (Fsp3) is 0.200. The molecule has 0 aliphatic heterocycles. The second kappa shape index (κ2) is 15.7. The summed E-state index contributed by atoms with van der Waals surface area (Å²) < 4.78 is 25.2. The average Bonchev–Trinajstić information content (AvgIpc) is 3.10. The highest BCUT2D eigenvalue weighted by Crippen LogP contribution is 2.45. The highest BCUT2D eigenvalue weighted by Gasteiger charge is 2.24. The Labute approximate surface area is 267 Å². The van der Waals surface area contributed by atoms with Gasteiger partial charge in [-0.15, -0.1) is 0 Å². The summed E-state index contributed by atoms with van der Waals surface area (Å²) in [6.45, 7) is 3.58. The molecule has 0 aliphatic rings. The smallest absolute Gasteiger partial charge is 0.189 e. The first-order valence-corrected chi connectivity index (χ1v) is 17.1. The summed E-state index contributed by atoms with van der Waals surface area (Å²) in [6, 6.07) is 46.2. The minimum Gasteiger partial charge on any atom is -0.466 e. The number of benzene rings is 6. The molecule has 0 atom stereocenters. The van der Waals surface area contributed by atoms with Crippen LogP contribution in [0.25, 0.3) is 21.5 Å². The molecule has 0 radical (unpaired) electrons. The number of fused-ring (bicyclic) bond motifs is 2. The largest absolute Gasteiger partial charge is 0.466 e. The van der Waals surface area contributed by atoms with Crippen molar-refractivity contribution in [3.8, 4) is 11.5 Å². The molecule has 0 spiro atoms. The van der Waals surface area contributed by atoms with E-state index in [4.69, 9.17) is 18.9 Å². The second-order valence-corrected chi connectivity index (χ2v) is 13.2. The Morgan fingerprint density at radius 3 is 1.40 bits per heavy atom. The van der Waals surface area contributed by atoms with Gasteiger partial charge in [0, 0.05) is 21.4 Å². The van der Waals surface area contributed by atoms with Gasteiger partial charge in [0.2, 0.25) is 0 Å². The zero-order chi connectivity index (χ0) is 30.7. The van der Waals surface area contributed by atoms with Crippen LogP contribution in [0.3, 0.4) is 0 Å². The molecule has 0 aliphatic carbocycles. The van der Waals surface area contributed by atoms with Crippen LogP contribution in [0.15, 0.2) is 133 Å². The van der Waals surface area contributed by atoms with Gasteiger partial charge in [0.05, 0.1) is 13.2 Å². The van der Waals surface area contributed by atoms with Crippen LogP contribution in [0, 0.1) is 0 Å². The molecule has 0 aromatic heterocycles. The standard InChI is InChI=1S/C40H39O4P/c1-2-3-26-45(37-24-22-33-18-10-12-20-35(33)39(37)43-29-41-27-31-14-6-4-7-15-31)38-25-23-34-19-11-13-21-36(34)40(38)44-30-42-28-32-16-8-5-9-17-32/h4-25H,2-3,26-30H2,1H3. The van der Waals surface area contributed by atoms with Crippen molar-refractivity contribution in [3.63, 3.8) is 0 Å². The van der Waals surface area contributed by atoms with E-state index in [2.05, 4.69) is 104 Å². The third kappa shape index (κ3) is 7.72. The molecule has 5 heteroatoms. The Balaban J connectivity index is 1.35. The number of hydrogen-bond donors (Lipinski definition) is 0. The molecular formula is C40H39O4P. The van der Waals surface area contributed by atoms with Gasteiger partial charge in [-0.05, 0) is 54.5 Å². The third-order valence-corrected chi connectivity index (χ3v) is 10.5. The maximum absolute atomic E-state index is 6.56. The van der Waals surface area contributed by atoms with E-state index in [-0.39, 0.29) is 13.6 Å². The summed E-state index contributed by atoms with van der Waals surface area (Å²) in [5, 5.41) is 6.88. The van der Waals surface area contributed by atoms with Crippen molar-refractivity contribution < 1.29 is 18.9 Å². The lowest BCUT2D eigenvalue weighted by atomic mass is 10.1. The van der Waals surface area contributed by atoms with Gasteiger partial charge in [-0.25, -0.2) is 0 Å². The minimum atomic E-state index is -0.835. The quantitative estimate of drug-likeness (QED) is 0.0656. The monoisotopic (exact) mass is 614 g/mol. The number of rotatable bonds is 15. The van der Waals surface area contributed by atoms with Crippen LogP contribution < -0.4 is 20.1 Å². The summed E-state index contributed by atoms with van der Waals surface area (Å²) in [6.07, 6.45) is 3.22. The molecular weight excluding hydrogens is 575 g/mol. The van der Waals surface area contributed by atoms with E-state index >= 15 is 0 Å². The molecule has 0 heterocycles. The van der Waals surface area contributed by atoms with Crippen LogP contribution in [0.5, 0.6) is 11.5 Å². The van der Waals surface area contributed by atoms with Crippen molar-refractivity contribution in [3.05, 3.63) is 145 Å². The Morgan fingerprint density at radius 1 is 0.489 bits per heavy atom. The third-order valence-electron chi connectivity index (χ3n) is 7.83. The van der Waals surface area contributed by atoms with Crippen LogP contribution in [0.2, 0.25) is 0 Å². The number of hydrogen-bond acceptors (Lipinski definition) is 4. The molecule has 6 rings (SSSR count). The topological polar surface area (TPSA) is 36.9 Å². The van der Waals surface area contributed by atoms with Crippen LogP contribution in [-0.4, -0.2) is 19.7 Å². The van der Waals surface area contributed by atoms with E-state index in [1.165, 1.54) is 10.6 Å². The van der Waals surface area contributed by atoms with Crippen LogP contribution in [-0.2, 0) is 22.7 Å². The fourth-order valence-corrected chi connectivity index (χ4v) is 8.29. The highest BCUT2D eigenvalue weighted by molar-refractivity contribution is 7.73. The normalized spacial score (nSPS) is 11.3. The zero-order valence-corrected chi connectivity index (χ0v) is 26.6. The van der Waals surface area contributed by atoms with Gasteiger partial charge in [0.25, 0.3) is 0 Å². The van der Waals surface area contributed by atoms with Crippen LogP contribution >= 0.6 is 7.92 Å². The number of unbranched alkanes of at least 4 members (excludes halogenated alkanes) is 1. The first-order valence-electron chi connectivity index (χ1n) is 15.6. The van der Waals surface area contributed by atoms with Crippen molar-refractivity contribution in [2.75, 3.05) is 19.7 Å². The van der Waals surface area contributed by atoms with E-state index in [9.17, 15) is 0 Å². The Hall–Kier alpha value is -4.21. The second-order valence-electron chi connectivity index (χ2n) is 11.0. The van der Waals surface area contributed by atoms with Crippen molar-refractivity contribution >= 4 is 40.1 Å². The molecule has 0 N–H and O–H groups in total. The molecule has 228 valence electrons. The van der Waals surface area contributed by atoms with Crippen molar-refractivity contribution in [2.45, 2.75) is 33.0 Å². The average molecular weight is 615 g/mol. The van der Waals surface area contributed by atoms with Crippen molar-refractivity contribution in [2.24, 2.45) is 0 Å². The molecule has 6 aromatic carbocycles. The van der Waals surface area contributed by atoms with E-state index < -0.39 is 7.92 Å². The van der Waals surface area contributed by atoms with Crippen molar-refractivity contribution in [1.29, 1.82) is 0 Å². The molecule has 0 saturated carbocycles. The van der Waals surface area contributed by atoms with Crippen molar-refractivity contribution in [1.82, 2.24) is 0 Å². The first-order chi connectivity index (χ1) is 22.3. The molecule has 45 heavy (non-hydrogen) atoms. The maximum atomic E-state index is 6.56. The fourth-order valence-electron chi connectivity index (χ4n) is 5.55. The summed E-state index contributed by atoms with van der Waals surface area (Å²) in [7, 11) is -0.835. The molecule has 0 amide bonds. The summed E-state index contributed by atoms with van der Waals surface area (Å²) in [5.41, 5.74) is 2.24. The van der Waals surface area contributed by atoms with E-state index in [1.807, 2.05) is 36.4 Å². The number of ether oxygens (including phenoxy) is 4. The van der Waals surface area contributed by atoms with Gasteiger partial charge >= 0.3 is 0 Å². The Kier molecular flexibility index (Phi) is 10.7. The lowest BCUT2D eigenvalue weighted by Crippen LogP contribution is -2.21. The Morgan fingerprint density at radius 2 is 0.933 bits per heavy atom. The zero-order valence-electron chi connectivity index (χ0n) is 25.7. The predicted molar refractivity (Wildman–Crippen MR) is 187 cm³/mol. The van der Waals surface area contributed by atoms with Crippen LogP contribution in [0.1, 0.15) is 30.9 Å². The molecule has 0 saturated heterocycles. The summed E-state index contributed by atoms with van der Waals surface area (Å²) in [4.78, 5) is 0.